The van der Waals surface area contributed by atoms with Gasteiger partial charge in [0.25, 0.3) is 0 Å². The standard InChI is InChI=1S/C20H30N2O4/c1-4-25-20(24)18-13(2)17(14(3)21-18)12-22(11-16-9-6-10-26-16)19(23)15-7-5-8-15/h15-16,21H,4-12H2,1-3H3. The maximum atomic E-state index is 13.0. The van der Waals surface area contributed by atoms with Crippen molar-refractivity contribution < 1.29 is 19.1 Å². The number of esters is 1. The Morgan fingerprint density at radius 2 is 2.00 bits per heavy atom. The number of ether oxygens (including phenoxy) is 2. The molecule has 1 atom stereocenters. The Labute approximate surface area is 155 Å². The van der Waals surface area contributed by atoms with Crippen molar-refractivity contribution in [1.82, 2.24) is 9.88 Å². The van der Waals surface area contributed by atoms with E-state index in [2.05, 4.69) is 4.98 Å². The molecule has 144 valence electrons. The minimum Gasteiger partial charge on any atom is -0.461 e. The lowest BCUT2D eigenvalue weighted by atomic mass is 9.84. The van der Waals surface area contributed by atoms with E-state index in [1.807, 2.05) is 18.7 Å². The van der Waals surface area contributed by atoms with Gasteiger partial charge in [0.2, 0.25) is 5.91 Å². The lowest BCUT2D eigenvalue weighted by Gasteiger charge is -2.33. The fraction of sp³-hybridized carbons (Fsp3) is 0.700. The van der Waals surface area contributed by atoms with Crippen molar-refractivity contribution in [1.29, 1.82) is 0 Å². The number of aromatic nitrogens is 1. The number of aromatic amines is 1. The van der Waals surface area contributed by atoms with Crippen LogP contribution in [-0.4, -0.2) is 47.6 Å². The van der Waals surface area contributed by atoms with E-state index in [9.17, 15) is 9.59 Å². The van der Waals surface area contributed by atoms with Gasteiger partial charge in [0.15, 0.2) is 0 Å². The predicted octanol–water partition coefficient (Wildman–Crippen LogP) is 3.12. The van der Waals surface area contributed by atoms with Gasteiger partial charge < -0.3 is 19.4 Å². The topological polar surface area (TPSA) is 71.6 Å². The van der Waals surface area contributed by atoms with Crippen molar-refractivity contribution in [3.63, 3.8) is 0 Å². The van der Waals surface area contributed by atoms with Crippen molar-refractivity contribution in [3.8, 4) is 0 Å². The molecule has 1 aromatic heterocycles. The van der Waals surface area contributed by atoms with Gasteiger partial charge >= 0.3 is 5.97 Å². The second-order valence-corrected chi connectivity index (χ2v) is 7.43. The second-order valence-electron chi connectivity index (χ2n) is 7.43. The summed E-state index contributed by atoms with van der Waals surface area (Å²) in [5, 5.41) is 0. The smallest absolute Gasteiger partial charge is 0.355 e. The van der Waals surface area contributed by atoms with Crippen molar-refractivity contribution >= 4 is 11.9 Å². The van der Waals surface area contributed by atoms with Crippen LogP contribution in [0.1, 0.15) is 66.3 Å². The fourth-order valence-electron chi connectivity index (χ4n) is 3.80. The number of carbonyl (C=O) groups excluding carboxylic acids is 2. The summed E-state index contributed by atoms with van der Waals surface area (Å²) in [6.45, 7) is 7.94. The number of amides is 1. The van der Waals surface area contributed by atoms with E-state index in [1.54, 1.807) is 6.92 Å². The third-order valence-corrected chi connectivity index (χ3v) is 5.64. The van der Waals surface area contributed by atoms with Crippen LogP contribution in [0.5, 0.6) is 0 Å². The van der Waals surface area contributed by atoms with Gasteiger partial charge in [0.05, 0.1) is 12.7 Å². The normalized spacial score (nSPS) is 20.0. The van der Waals surface area contributed by atoms with Crippen LogP contribution in [0.2, 0.25) is 0 Å². The summed E-state index contributed by atoms with van der Waals surface area (Å²) in [6.07, 6.45) is 5.31. The molecule has 0 bridgehead atoms. The molecule has 1 aliphatic heterocycles. The molecule has 1 aromatic rings. The SMILES string of the molecule is CCOC(=O)c1[nH]c(C)c(CN(CC2CCCO2)C(=O)C2CCC2)c1C. The highest BCUT2D eigenvalue weighted by Crippen LogP contribution is 2.30. The van der Waals surface area contributed by atoms with Gasteiger partial charge in [0.1, 0.15) is 5.69 Å². The summed E-state index contributed by atoms with van der Waals surface area (Å²) in [5.41, 5.74) is 3.30. The van der Waals surface area contributed by atoms with E-state index in [4.69, 9.17) is 9.47 Å². The highest BCUT2D eigenvalue weighted by Gasteiger charge is 2.32. The molecule has 6 heteroatoms. The van der Waals surface area contributed by atoms with Crippen molar-refractivity contribution in [2.45, 2.75) is 65.5 Å². The van der Waals surface area contributed by atoms with Crippen LogP contribution in [0.15, 0.2) is 0 Å². The van der Waals surface area contributed by atoms with Gasteiger partial charge in [-0.2, -0.15) is 0 Å². The average molecular weight is 362 g/mol. The number of aryl methyl sites for hydroxylation is 1. The maximum Gasteiger partial charge on any atom is 0.355 e. The quantitative estimate of drug-likeness (QED) is 0.757. The number of H-pyrrole nitrogens is 1. The first-order valence-electron chi connectivity index (χ1n) is 9.76. The molecule has 1 unspecified atom stereocenters. The highest BCUT2D eigenvalue weighted by atomic mass is 16.5. The minimum absolute atomic E-state index is 0.128. The Kier molecular flexibility index (Phi) is 6.01. The minimum atomic E-state index is -0.338. The van der Waals surface area contributed by atoms with Crippen LogP contribution in [0.3, 0.4) is 0 Å². The summed E-state index contributed by atoms with van der Waals surface area (Å²) in [6, 6.07) is 0. The molecule has 2 fully saturated rings. The van der Waals surface area contributed by atoms with E-state index in [0.717, 1.165) is 55.5 Å². The zero-order chi connectivity index (χ0) is 18.7. The van der Waals surface area contributed by atoms with E-state index < -0.39 is 0 Å². The van der Waals surface area contributed by atoms with Crippen LogP contribution in [-0.2, 0) is 20.8 Å². The molecule has 1 saturated carbocycles. The van der Waals surface area contributed by atoms with Gasteiger partial charge in [0, 0.05) is 31.3 Å². The molecule has 1 aliphatic carbocycles. The number of hydrogen-bond donors (Lipinski definition) is 1. The zero-order valence-electron chi connectivity index (χ0n) is 16.1. The third kappa shape index (κ3) is 3.95. The molecular formula is C20H30N2O4. The summed E-state index contributed by atoms with van der Waals surface area (Å²) in [7, 11) is 0. The number of nitrogens with one attached hydrogen (secondary N) is 1. The molecule has 26 heavy (non-hydrogen) atoms. The van der Waals surface area contributed by atoms with Crippen LogP contribution in [0.25, 0.3) is 0 Å². The van der Waals surface area contributed by atoms with Crippen molar-refractivity contribution in [2.75, 3.05) is 19.8 Å². The van der Waals surface area contributed by atoms with Gasteiger partial charge in [-0.05, 0) is 57.6 Å². The number of hydrogen-bond acceptors (Lipinski definition) is 4. The highest BCUT2D eigenvalue weighted by molar-refractivity contribution is 5.90. The number of nitrogens with zero attached hydrogens (tertiary/aromatic N) is 1. The molecule has 2 heterocycles. The summed E-state index contributed by atoms with van der Waals surface area (Å²) in [5.74, 6) is 0.0419. The third-order valence-electron chi connectivity index (χ3n) is 5.64. The first-order valence-corrected chi connectivity index (χ1v) is 9.76. The largest absolute Gasteiger partial charge is 0.461 e. The monoisotopic (exact) mass is 362 g/mol. The van der Waals surface area contributed by atoms with Gasteiger partial charge in [-0.25, -0.2) is 4.79 Å². The molecule has 0 radical (unpaired) electrons. The van der Waals surface area contributed by atoms with Crippen LogP contribution >= 0.6 is 0 Å². The Hall–Kier alpha value is -1.82. The van der Waals surface area contributed by atoms with Gasteiger partial charge in [-0.15, -0.1) is 0 Å². The van der Waals surface area contributed by atoms with Gasteiger partial charge in [-0.3, -0.25) is 4.79 Å². The zero-order valence-corrected chi connectivity index (χ0v) is 16.1. The lowest BCUT2D eigenvalue weighted by molar-refractivity contribution is -0.140. The molecular weight excluding hydrogens is 332 g/mol. The summed E-state index contributed by atoms with van der Waals surface area (Å²) in [4.78, 5) is 30.2. The Morgan fingerprint density at radius 1 is 1.23 bits per heavy atom. The molecule has 0 aromatic carbocycles. The lowest BCUT2D eigenvalue weighted by Crippen LogP contribution is -2.42. The van der Waals surface area contributed by atoms with Crippen LogP contribution in [0.4, 0.5) is 0 Å². The van der Waals surface area contributed by atoms with Crippen molar-refractivity contribution in [3.05, 3.63) is 22.5 Å². The Bertz CT molecular complexity index is 657. The number of carbonyl (C=O) groups is 2. The van der Waals surface area contributed by atoms with E-state index in [-0.39, 0.29) is 23.9 Å². The molecule has 1 saturated heterocycles. The molecule has 3 rings (SSSR count). The molecule has 0 spiro atoms. The van der Waals surface area contributed by atoms with Crippen LogP contribution < -0.4 is 0 Å². The maximum absolute atomic E-state index is 13.0. The van der Waals surface area contributed by atoms with Gasteiger partial charge in [-0.1, -0.05) is 6.42 Å². The molecule has 2 aliphatic rings. The fourth-order valence-corrected chi connectivity index (χ4v) is 3.80. The van der Waals surface area contributed by atoms with E-state index >= 15 is 0 Å². The second kappa shape index (κ2) is 8.25. The Morgan fingerprint density at radius 3 is 2.58 bits per heavy atom. The molecule has 1 amide bonds. The molecule has 6 nitrogen and oxygen atoms in total. The number of rotatable bonds is 7. The first-order chi connectivity index (χ1) is 12.5. The predicted molar refractivity (Wildman–Crippen MR) is 98.0 cm³/mol. The Balaban J connectivity index is 1.79. The van der Waals surface area contributed by atoms with E-state index in [0.29, 0.717) is 25.4 Å². The first kappa shape index (κ1) is 19.0. The molecule has 1 N–H and O–H groups in total. The average Bonchev–Trinajstić information content (AvgIpc) is 3.15. The van der Waals surface area contributed by atoms with E-state index in [1.165, 1.54) is 0 Å². The van der Waals surface area contributed by atoms with Crippen LogP contribution in [0, 0.1) is 19.8 Å². The summed E-state index contributed by atoms with van der Waals surface area (Å²) < 4.78 is 10.9. The van der Waals surface area contributed by atoms with Crippen molar-refractivity contribution in [2.24, 2.45) is 5.92 Å². The summed E-state index contributed by atoms with van der Waals surface area (Å²) >= 11 is 0.